The predicted octanol–water partition coefficient (Wildman–Crippen LogP) is 4.48. The summed E-state index contributed by atoms with van der Waals surface area (Å²) in [5.74, 6) is 0.475. The highest BCUT2D eigenvalue weighted by molar-refractivity contribution is 7.09. The van der Waals surface area contributed by atoms with Crippen LogP contribution in [-0.2, 0) is 23.6 Å². The predicted molar refractivity (Wildman–Crippen MR) is 78.6 cm³/mol. The molecular formula is C15H16ClNOS. The van der Waals surface area contributed by atoms with E-state index in [1.54, 1.807) is 11.3 Å². The number of nitrogens with zero attached hydrogens (tertiary/aromatic N) is 1. The Hall–Kier alpha value is -0.900. The molecule has 2 aromatic rings. The van der Waals surface area contributed by atoms with E-state index >= 15 is 0 Å². The Bertz CT molecular complexity index is 555. The summed E-state index contributed by atoms with van der Waals surface area (Å²) < 4.78 is 6.06. The van der Waals surface area contributed by atoms with Crippen LogP contribution in [0.15, 0.2) is 29.6 Å². The van der Waals surface area contributed by atoms with Crippen molar-refractivity contribution in [3.63, 3.8) is 0 Å². The molecule has 1 atom stereocenters. The van der Waals surface area contributed by atoms with Crippen molar-refractivity contribution in [3.8, 4) is 0 Å². The minimum Gasteiger partial charge on any atom is -0.366 e. The van der Waals surface area contributed by atoms with Gasteiger partial charge in [-0.1, -0.05) is 24.3 Å². The molecule has 19 heavy (non-hydrogen) atoms. The minimum atomic E-state index is 0.216. The zero-order valence-corrected chi connectivity index (χ0v) is 12.2. The molecule has 3 rings (SSSR count). The summed E-state index contributed by atoms with van der Waals surface area (Å²) in [6, 6.07) is 8.59. The number of aromatic nitrogens is 1. The number of alkyl halides is 1. The Morgan fingerprint density at radius 2 is 2.26 bits per heavy atom. The third-order valence-corrected chi connectivity index (χ3v) is 4.60. The number of hydrogen-bond acceptors (Lipinski definition) is 3. The van der Waals surface area contributed by atoms with Crippen molar-refractivity contribution in [2.75, 3.05) is 0 Å². The Morgan fingerprint density at radius 1 is 1.37 bits per heavy atom. The molecule has 1 unspecified atom stereocenters. The van der Waals surface area contributed by atoms with Gasteiger partial charge in [0.1, 0.15) is 5.01 Å². The van der Waals surface area contributed by atoms with E-state index in [0.29, 0.717) is 12.5 Å². The molecule has 0 radical (unpaired) electrons. The molecule has 100 valence electrons. The number of ether oxygens (including phenoxy) is 1. The van der Waals surface area contributed by atoms with Crippen LogP contribution >= 0.6 is 22.9 Å². The second-order valence-corrected chi connectivity index (χ2v) is 5.97. The van der Waals surface area contributed by atoms with E-state index in [9.17, 15) is 0 Å². The summed E-state index contributed by atoms with van der Waals surface area (Å²) in [5.41, 5.74) is 3.72. The first-order chi connectivity index (χ1) is 9.36. The Morgan fingerprint density at radius 3 is 3.11 bits per heavy atom. The zero-order valence-electron chi connectivity index (χ0n) is 10.6. The van der Waals surface area contributed by atoms with Crippen LogP contribution in [0.25, 0.3) is 0 Å². The van der Waals surface area contributed by atoms with Gasteiger partial charge < -0.3 is 4.74 Å². The molecule has 1 heterocycles. The normalized spacial score (nSPS) is 18.3. The van der Waals surface area contributed by atoms with E-state index in [0.717, 1.165) is 17.1 Å². The maximum absolute atomic E-state index is 6.06. The lowest BCUT2D eigenvalue weighted by atomic mass is 9.89. The minimum absolute atomic E-state index is 0.216. The molecule has 0 spiro atoms. The van der Waals surface area contributed by atoms with Crippen molar-refractivity contribution in [3.05, 3.63) is 51.5 Å². The lowest BCUT2D eigenvalue weighted by molar-refractivity contribution is 0.0281. The van der Waals surface area contributed by atoms with Gasteiger partial charge in [-0.05, 0) is 30.4 Å². The average molecular weight is 294 g/mol. The quantitative estimate of drug-likeness (QED) is 0.776. The first-order valence-electron chi connectivity index (χ1n) is 6.55. The van der Waals surface area contributed by atoms with Gasteiger partial charge in [-0.25, -0.2) is 4.98 Å². The SMILES string of the molecule is ClCc1csc(COC2CCCc3ccccc32)n1. The number of fused-ring (bicyclic) bond motifs is 1. The number of rotatable bonds is 4. The molecule has 0 bridgehead atoms. The van der Waals surface area contributed by atoms with Crippen molar-refractivity contribution in [2.45, 2.75) is 37.9 Å². The molecule has 0 amide bonds. The van der Waals surface area contributed by atoms with Crippen molar-refractivity contribution >= 4 is 22.9 Å². The van der Waals surface area contributed by atoms with Crippen LogP contribution in [0.1, 0.15) is 40.8 Å². The van der Waals surface area contributed by atoms with Crippen molar-refractivity contribution < 1.29 is 4.74 Å². The second-order valence-electron chi connectivity index (χ2n) is 4.76. The van der Waals surface area contributed by atoms with Crippen molar-refractivity contribution in [1.29, 1.82) is 0 Å². The van der Waals surface area contributed by atoms with Gasteiger partial charge in [0.15, 0.2) is 0 Å². The van der Waals surface area contributed by atoms with Crippen LogP contribution in [0.4, 0.5) is 0 Å². The third kappa shape index (κ3) is 2.99. The maximum atomic E-state index is 6.06. The number of thiazole rings is 1. The van der Waals surface area contributed by atoms with Gasteiger partial charge in [0.25, 0.3) is 0 Å². The molecule has 0 aliphatic heterocycles. The Balaban J connectivity index is 1.68. The molecule has 1 aliphatic carbocycles. The molecule has 0 saturated heterocycles. The summed E-state index contributed by atoms with van der Waals surface area (Å²) in [6.07, 6.45) is 3.69. The molecular weight excluding hydrogens is 278 g/mol. The summed E-state index contributed by atoms with van der Waals surface area (Å²) in [4.78, 5) is 4.43. The van der Waals surface area contributed by atoms with Gasteiger partial charge in [0, 0.05) is 5.38 Å². The first kappa shape index (κ1) is 13.1. The van der Waals surface area contributed by atoms with Crippen molar-refractivity contribution in [2.24, 2.45) is 0 Å². The highest BCUT2D eigenvalue weighted by Crippen LogP contribution is 2.33. The van der Waals surface area contributed by atoms with Crippen LogP contribution in [0.2, 0.25) is 0 Å². The van der Waals surface area contributed by atoms with Gasteiger partial charge in [0.05, 0.1) is 24.3 Å². The number of aryl methyl sites for hydroxylation is 1. The van der Waals surface area contributed by atoms with E-state index in [1.165, 1.54) is 24.0 Å². The summed E-state index contributed by atoms with van der Waals surface area (Å²) in [6.45, 7) is 0.584. The Kier molecular flexibility index (Phi) is 4.16. The Labute approximate surface area is 122 Å². The summed E-state index contributed by atoms with van der Waals surface area (Å²) >= 11 is 7.38. The van der Waals surface area contributed by atoms with Gasteiger partial charge in [-0.15, -0.1) is 22.9 Å². The van der Waals surface area contributed by atoms with Gasteiger partial charge in [-0.3, -0.25) is 0 Å². The molecule has 1 aliphatic rings. The van der Waals surface area contributed by atoms with Crippen LogP contribution < -0.4 is 0 Å². The summed E-state index contributed by atoms with van der Waals surface area (Å²) in [5, 5.41) is 3.01. The van der Waals surface area contributed by atoms with E-state index in [2.05, 4.69) is 29.2 Å². The van der Waals surface area contributed by atoms with E-state index < -0.39 is 0 Å². The average Bonchev–Trinajstić information content (AvgIpc) is 2.93. The molecule has 0 saturated carbocycles. The number of halogens is 1. The fourth-order valence-electron chi connectivity index (χ4n) is 2.53. The third-order valence-electron chi connectivity index (χ3n) is 3.46. The molecule has 4 heteroatoms. The maximum Gasteiger partial charge on any atom is 0.119 e. The van der Waals surface area contributed by atoms with Crippen LogP contribution in [0.5, 0.6) is 0 Å². The fraction of sp³-hybridized carbons (Fsp3) is 0.400. The zero-order chi connectivity index (χ0) is 13.1. The van der Waals surface area contributed by atoms with Crippen LogP contribution in [0.3, 0.4) is 0 Å². The van der Waals surface area contributed by atoms with Crippen molar-refractivity contribution in [1.82, 2.24) is 4.98 Å². The molecule has 2 nitrogen and oxygen atoms in total. The van der Waals surface area contributed by atoms with Gasteiger partial charge in [-0.2, -0.15) is 0 Å². The first-order valence-corrected chi connectivity index (χ1v) is 7.97. The largest absolute Gasteiger partial charge is 0.366 e. The smallest absolute Gasteiger partial charge is 0.119 e. The molecule has 1 aromatic heterocycles. The number of benzene rings is 1. The summed E-state index contributed by atoms with van der Waals surface area (Å²) in [7, 11) is 0. The lowest BCUT2D eigenvalue weighted by Crippen LogP contribution is -2.12. The van der Waals surface area contributed by atoms with Gasteiger partial charge >= 0.3 is 0 Å². The topological polar surface area (TPSA) is 22.1 Å². The van der Waals surface area contributed by atoms with Crippen LogP contribution in [0, 0.1) is 0 Å². The monoisotopic (exact) mass is 293 g/mol. The second kappa shape index (κ2) is 6.04. The fourth-order valence-corrected chi connectivity index (χ4v) is 3.47. The lowest BCUT2D eigenvalue weighted by Gasteiger charge is -2.25. The molecule has 0 fully saturated rings. The molecule has 1 aromatic carbocycles. The van der Waals surface area contributed by atoms with E-state index in [4.69, 9.17) is 16.3 Å². The van der Waals surface area contributed by atoms with E-state index in [-0.39, 0.29) is 6.10 Å². The van der Waals surface area contributed by atoms with E-state index in [1.807, 2.05) is 5.38 Å². The van der Waals surface area contributed by atoms with Gasteiger partial charge in [0.2, 0.25) is 0 Å². The van der Waals surface area contributed by atoms with Crippen LogP contribution in [-0.4, -0.2) is 4.98 Å². The highest BCUT2D eigenvalue weighted by atomic mass is 35.5. The number of hydrogen-bond donors (Lipinski definition) is 0. The molecule has 0 N–H and O–H groups in total. The standard InChI is InChI=1S/C15H16ClNOS/c16-8-12-10-19-15(17-12)9-18-14-7-3-5-11-4-1-2-6-13(11)14/h1-2,4,6,10,14H,3,5,7-9H2. The highest BCUT2D eigenvalue weighted by Gasteiger charge is 2.20.